The van der Waals surface area contributed by atoms with Crippen LogP contribution in [-0.4, -0.2) is 7.11 Å². The molecule has 1 aromatic heterocycles. The van der Waals surface area contributed by atoms with Crippen molar-refractivity contribution in [2.24, 2.45) is 0 Å². The van der Waals surface area contributed by atoms with Crippen molar-refractivity contribution in [1.82, 2.24) is 5.32 Å². The highest BCUT2D eigenvalue weighted by molar-refractivity contribution is 5.30. The first kappa shape index (κ1) is 13.6. The molecule has 1 N–H and O–H groups in total. The number of rotatable bonds is 5. The maximum Gasteiger partial charge on any atom is 0.131 e. The molecule has 0 amide bonds. The summed E-state index contributed by atoms with van der Waals surface area (Å²) in [5, 5.41) is 3.30. The molecule has 2 unspecified atom stereocenters. The van der Waals surface area contributed by atoms with E-state index in [0.29, 0.717) is 11.3 Å². The van der Waals surface area contributed by atoms with Crippen molar-refractivity contribution >= 4 is 0 Å². The summed E-state index contributed by atoms with van der Waals surface area (Å²) in [5.41, 5.74) is 0.610. The van der Waals surface area contributed by atoms with Gasteiger partial charge >= 0.3 is 0 Å². The molecule has 2 rings (SSSR count). The van der Waals surface area contributed by atoms with E-state index < -0.39 is 0 Å². The summed E-state index contributed by atoms with van der Waals surface area (Å²) >= 11 is 0. The summed E-state index contributed by atoms with van der Waals surface area (Å²) in [6.07, 6.45) is 1.63. The number of methoxy groups -OCH3 is 1. The predicted octanol–water partition coefficient (Wildman–Crippen LogP) is 3.84. The highest BCUT2D eigenvalue weighted by atomic mass is 19.1. The fraction of sp³-hybridized carbons (Fsp3) is 0.333. The van der Waals surface area contributed by atoms with E-state index in [0.717, 1.165) is 5.76 Å². The second-order valence-corrected chi connectivity index (χ2v) is 4.51. The minimum absolute atomic E-state index is 0.0199. The summed E-state index contributed by atoms with van der Waals surface area (Å²) in [4.78, 5) is 0. The molecule has 4 heteroatoms. The molecule has 0 saturated heterocycles. The molecule has 2 aromatic rings. The molecule has 0 radical (unpaired) electrons. The molecule has 2 atom stereocenters. The predicted molar refractivity (Wildman–Crippen MR) is 71.6 cm³/mol. The van der Waals surface area contributed by atoms with E-state index in [4.69, 9.17) is 9.15 Å². The third-order valence-electron chi connectivity index (χ3n) is 3.14. The third-order valence-corrected chi connectivity index (χ3v) is 3.14. The summed E-state index contributed by atoms with van der Waals surface area (Å²) in [7, 11) is 1.52. The molecule has 1 heterocycles. The molecule has 0 fully saturated rings. The Bertz CT molecular complexity index is 525. The van der Waals surface area contributed by atoms with E-state index in [1.165, 1.54) is 13.2 Å². The normalized spacial score (nSPS) is 14.1. The molecule has 0 aliphatic rings. The molecule has 19 heavy (non-hydrogen) atoms. The Kier molecular flexibility index (Phi) is 4.22. The summed E-state index contributed by atoms with van der Waals surface area (Å²) in [6, 6.07) is 8.53. The average molecular weight is 263 g/mol. The van der Waals surface area contributed by atoms with Gasteiger partial charge in [0.25, 0.3) is 0 Å². The van der Waals surface area contributed by atoms with Crippen LogP contribution in [0.15, 0.2) is 41.0 Å². The van der Waals surface area contributed by atoms with Gasteiger partial charge in [0, 0.05) is 17.7 Å². The van der Waals surface area contributed by atoms with Gasteiger partial charge in [0.1, 0.15) is 17.3 Å². The lowest BCUT2D eigenvalue weighted by Gasteiger charge is -2.19. The quantitative estimate of drug-likeness (QED) is 0.890. The van der Waals surface area contributed by atoms with Crippen molar-refractivity contribution in [2.75, 3.05) is 7.11 Å². The second-order valence-electron chi connectivity index (χ2n) is 4.51. The van der Waals surface area contributed by atoms with Gasteiger partial charge in [0.15, 0.2) is 0 Å². The monoisotopic (exact) mass is 263 g/mol. The van der Waals surface area contributed by atoms with Crippen LogP contribution in [0.1, 0.15) is 37.3 Å². The van der Waals surface area contributed by atoms with Crippen molar-refractivity contribution in [3.63, 3.8) is 0 Å². The lowest BCUT2D eigenvalue weighted by molar-refractivity contribution is 0.393. The van der Waals surface area contributed by atoms with Gasteiger partial charge in [-0.25, -0.2) is 4.39 Å². The van der Waals surface area contributed by atoms with E-state index in [9.17, 15) is 4.39 Å². The zero-order chi connectivity index (χ0) is 13.8. The summed E-state index contributed by atoms with van der Waals surface area (Å²) in [5.74, 6) is 1.08. The van der Waals surface area contributed by atoms with Crippen molar-refractivity contribution in [1.29, 1.82) is 0 Å². The number of benzene rings is 1. The molecule has 3 nitrogen and oxygen atoms in total. The Morgan fingerprint density at radius 3 is 2.58 bits per heavy atom. The second kappa shape index (κ2) is 5.89. The van der Waals surface area contributed by atoms with E-state index >= 15 is 0 Å². The van der Waals surface area contributed by atoms with Crippen LogP contribution < -0.4 is 10.1 Å². The van der Waals surface area contributed by atoms with Gasteiger partial charge in [-0.2, -0.15) is 0 Å². The lowest BCUT2D eigenvalue weighted by atomic mass is 10.1. The lowest BCUT2D eigenvalue weighted by Crippen LogP contribution is -2.22. The Morgan fingerprint density at radius 1 is 1.21 bits per heavy atom. The van der Waals surface area contributed by atoms with Gasteiger partial charge in [-0.1, -0.05) is 6.07 Å². The number of ether oxygens (including phenoxy) is 1. The average Bonchev–Trinajstić information content (AvgIpc) is 2.92. The zero-order valence-electron chi connectivity index (χ0n) is 11.3. The molecular weight excluding hydrogens is 245 g/mol. The Hall–Kier alpha value is -1.81. The smallest absolute Gasteiger partial charge is 0.131 e. The SMILES string of the molecule is COc1ccc(C(C)NC(C)c2ccco2)c(F)c1. The van der Waals surface area contributed by atoms with Gasteiger partial charge in [-0.15, -0.1) is 0 Å². The number of nitrogens with one attached hydrogen (secondary N) is 1. The van der Waals surface area contributed by atoms with Crippen LogP contribution in [0.4, 0.5) is 4.39 Å². The maximum atomic E-state index is 13.9. The molecule has 102 valence electrons. The van der Waals surface area contributed by atoms with Gasteiger partial charge in [0.05, 0.1) is 19.4 Å². The Morgan fingerprint density at radius 2 is 2.00 bits per heavy atom. The van der Waals surface area contributed by atoms with Crippen LogP contribution in [0, 0.1) is 5.82 Å². The highest BCUT2D eigenvalue weighted by Crippen LogP contribution is 2.24. The topological polar surface area (TPSA) is 34.4 Å². The molecule has 1 aromatic carbocycles. The number of hydrogen-bond donors (Lipinski definition) is 1. The van der Waals surface area contributed by atoms with Crippen LogP contribution in [0.3, 0.4) is 0 Å². The zero-order valence-corrected chi connectivity index (χ0v) is 11.3. The summed E-state index contributed by atoms with van der Waals surface area (Å²) in [6.45, 7) is 3.90. The van der Waals surface area contributed by atoms with Gasteiger partial charge in [-0.05, 0) is 32.0 Å². The molecule has 0 bridgehead atoms. The van der Waals surface area contributed by atoms with Crippen LogP contribution in [-0.2, 0) is 0 Å². The van der Waals surface area contributed by atoms with Crippen LogP contribution in [0.2, 0.25) is 0 Å². The van der Waals surface area contributed by atoms with Crippen LogP contribution >= 0.6 is 0 Å². The first-order valence-corrected chi connectivity index (χ1v) is 6.24. The van der Waals surface area contributed by atoms with E-state index in [1.807, 2.05) is 26.0 Å². The first-order valence-electron chi connectivity index (χ1n) is 6.24. The minimum Gasteiger partial charge on any atom is -0.497 e. The largest absolute Gasteiger partial charge is 0.497 e. The number of hydrogen-bond acceptors (Lipinski definition) is 3. The van der Waals surface area contributed by atoms with E-state index in [-0.39, 0.29) is 17.9 Å². The fourth-order valence-corrected chi connectivity index (χ4v) is 2.07. The van der Waals surface area contributed by atoms with Gasteiger partial charge in [-0.3, -0.25) is 0 Å². The van der Waals surface area contributed by atoms with Crippen LogP contribution in [0.25, 0.3) is 0 Å². The van der Waals surface area contributed by atoms with E-state index in [1.54, 1.807) is 18.4 Å². The van der Waals surface area contributed by atoms with Crippen LogP contribution in [0.5, 0.6) is 5.75 Å². The number of furan rings is 1. The minimum atomic E-state index is -0.272. The maximum absolute atomic E-state index is 13.9. The van der Waals surface area contributed by atoms with Gasteiger partial charge < -0.3 is 14.5 Å². The Balaban J connectivity index is 2.09. The molecular formula is C15H18FNO2. The summed E-state index contributed by atoms with van der Waals surface area (Å²) < 4.78 is 24.3. The fourth-order valence-electron chi connectivity index (χ4n) is 2.07. The molecule has 0 spiro atoms. The molecule has 0 aliphatic heterocycles. The molecule has 0 aliphatic carbocycles. The van der Waals surface area contributed by atoms with Gasteiger partial charge in [0.2, 0.25) is 0 Å². The highest BCUT2D eigenvalue weighted by Gasteiger charge is 2.16. The first-order chi connectivity index (χ1) is 9.11. The van der Waals surface area contributed by atoms with Crippen molar-refractivity contribution in [3.05, 3.63) is 53.7 Å². The molecule has 0 saturated carbocycles. The van der Waals surface area contributed by atoms with E-state index in [2.05, 4.69) is 5.32 Å². The van der Waals surface area contributed by atoms with Crippen molar-refractivity contribution in [3.8, 4) is 5.75 Å². The Labute approximate surface area is 112 Å². The third kappa shape index (κ3) is 3.15. The van der Waals surface area contributed by atoms with Crippen molar-refractivity contribution in [2.45, 2.75) is 25.9 Å². The standard InChI is InChI=1S/C15H18FNO2/c1-10(17-11(2)15-5-4-8-19-15)13-7-6-12(18-3)9-14(13)16/h4-11,17H,1-3H3. The number of halogens is 1. The van der Waals surface area contributed by atoms with Crippen molar-refractivity contribution < 1.29 is 13.5 Å².